The third-order valence-corrected chi connectivity index (χ3v) is 4.71. The van der Waals surface area contributed by atoms with Crippen molar-refractivity contribution in [3.8, 4) is 11.5 Å². The Labute approximate surface area is 156 Å². The number of anilines is 2. The zero-order chi connectivity index (χ0) is 18.8. The highest BCUT2D eigenvalue weighted by Gasteiger charge is 2.20. The molecule has 1 saturated heterocycles. The molecule has 0 radical (unpaired) electrons. The molecule has 0 saturated carbocycles. The van der Waals surface area contributed by atoms with Gasteiger partial charge < -0.3 is 24.6 Å². The van der Waals surface area contributed by atoms with Crippen LogP contribution in [0.3, 0.4) is 0 Å². The van der Waals surface area contributed by atoms with E-state index in [4.69, 9.17) is 9.47 Å². The Kier molecular flexibility index (Phi) is 4.53. The highest BCUT2D eigenvalue weighted by atomic mass is 16.7. The minimum absolute atomic E-state index is 0.0876. The summed E-state index contributed by atoms with van der Waals surface area (Å²) in [5, 5.41) is 2.85. The fraction of sp³-hybridized carbons (Fsp3) is 0.316. The molecular weight excluding hydrogens is 348 g/mol. The van der Waals surface area contributed by atoms with Crippen molar-refractivity contribution in [3.63, 3.8) is 0 Å². The molecule has 1 N–H and O–H groups in total. The molecule has 0 atom stereocenters. The normalized spacial score (nSPS) is 15.6. The minimum Gasteiger partial charge on any atom is -0.454 e. The van der Waals surface area contributed by atoms with Crippen LogP contribution in [-0.4, -0.2) is 54.7 Å². The van der Waals surface area contributed by atoms with E-state index in [1.807, 2.05) is 11.0 Å². The Morgan fingerprint density at radius 1 is 1.04 bits per heavy atom. The van der Waals surface area contributed by atoms with Crippen molar-refractivity contribution < 1.29 is 19.1 Å². The first kappa shape index (κ1) is 17.1. The van der Waals surface area contributed by atoms with Gasteiger partial charge in [0, 0.05) is 51.1 Å². The molecule has 2 amide bonds. The SMILES string of the molecule is CC(=O)N1CCN(c2cncc(C(=O)Nc3ccc4c(c3)OCO4)c2)CC1. The van der Waals surface area contributed by atoms with Crippen LogP contribution in [-0.2, 0) is 4.79 Å². The molecule has 0 unspecified atom stereocenters. The summed E-state index contributed by atoms with van der Waals surface area (Å²) in [5.74, 6) is 1.12. The lowest BCUT2D eigenvalue weighted by atomic mass is 10.2. The van der Waals surface area contributed by atoms with Gasteiger partial charge in [0.2, 0.25) is 12.7 Å². The first-order valence-corrected chi connectivity index (χ1v) is 8.77. The molecule has 1 fully saturated rings. The lowest BCUT2D eigenvalue weighted by Crippen LogP contribution is -2.48. The molecule has 0 spiro atoms. The second kappa shape index (κ2) is 7.14. The minimum atomic E-state index is -0.245. The lowest BCUT2D eigenvalue weighted by molar-refractivity contribution is -0.129. The zero-order valence-corrected chi connectivity index (χ0v) is 15.0. The first-order chi connectivity index (χ1) is 13.1. The maximum absolute atomic E-state index is 12.6. The quantitative estimate of drug-likeness (QED) is 0.888. The number of carbonyl (C=O) groups excluding carboxylic acids is 2. The Balaban J connectivity index is 1.44. The molecule has 2 aliphatic heterocycles. The van der Waals surface area contributed by atoms with E-state index in [2.05, 4.69) is 15.2 Å². The molecule has 8 heteroatoms. The summed E-state index contributed by atoms with van der Waals surface area (Å²) in [7, 11) is 0. The van der Waals surface area contributed by atoms with Crippen molar-refractivity contribution in [2.24, 2.45) is 0 Å². The summed E-state index contributed by atoms with van der Waals surface area (Å²) in [4.78, 5) is 32.2. The maximum atomic E-state index is 12.6. The molecule has 0 bridgehead atoms. The third kappa shape index (κ3) is 3.64. The summed E-state index contributed by atoms with van der Waals surface area (Å²) in [6.07, 6.45) is 3.28. The van der Waals surface area contributed by atoms with Crippen molar-refractivity contribution in [2.45, 2.75) is 6.92 Å². The van der Waals surface area contributed by atoms with E-state index in [1.165, 1.54) is 6.20 Å². The Bertz CT molecular complexity index is 878. The summed E-state index contributed by atoms with van der Waals surface area (Å²) in [6, 6.07) is 7.09. The molecule has 1 aromatic heterocycles. The van der Waals surface area contributed by atoms with E-state index >= 15 is 0 Å². The standard InChI is InChI=1S/C19H20N4O4/c1-13(24)22-4-6-23(7-5-22)16-8-14(10-20-11-16)19(25)21-15-2-3-17-18(9-15)27-12-26-17/h2-3,8-11H,4-7,12H2,1H3,(H,21,25). The van der Waals surface area contributed by atoms with Gasteiger partial charge in [-0.2, -0.15) is 0 Å². The van der Waals surface area contributed by atoms with Crippen LogP contribution in [0, 0.1) is 0 Å². The van der Waals surface area contributed by atoms with E-state index in [0.717, 1.165) is 5.69 Å². The summed E-state index contributed by atoms with van der Waals surface area (Å²) < 4.78 is 10.6. The van der Waals surface area contributed by atoms with Crippen LogP contribution in [0.4, 0.5) is 11.4 Å². The average molecular weight is 368 g/mol. The van der Waals surface area contributed by atoms with Crippen LogP contribution in [0.2, 0.25) is 0 Å². The van der Waals surface area contributed by atoms with E-state index < -0.39 is 0 Å². The average Bonchev–Trinajstić information content (AvgIpc) is 3.16. The van der Waals surface area contributed by atoms with Gasteiger partial charge in [0.15, 0.2) is 11.5 Å². The molecule has 2 aromatic rings. The summed E-state index contributed by atoms with van der Waals surface area (Å²) in [6.45, 7) is 4.54. The van der Waals surface area contributed by atoms with Gasteiger partial charge in [-0.3, -0.25) is 14.6 Å². The van der Waals surface area contributed by atoms with Crippen LogP contribution in [0.15, 0.2) is 36.7 Å². The van der Waals surface area contributed by atoms with Crippen LogP contribution in [0.5, 0.6) is 11.5 Å². The third-order valence-electron chi connectivity index (χ3n) is 4.71. The smallest absolute Gasteiger partial charge is 0.257 e. The van der Waals surface area contributed by atoms with Gasteiger partial charge in [0.25, 0.3) is 5.91 Å². The molecule has 1 aromatic carbocycles. The number of rotatable bonds is 3. The summed E-state index contributed by atoms with van der Waals surface area (Å²) in [5.41, 5.74) is 1.97. The van der Waals surface area contributed by atoms with Gasteiger partial charge in [0.1, 0.15) is 0 Å². The number of benzene rings is 1. The molecule has 140 valence electrons. The molecule has 8 nitrogen and oxygen atoms in total. The predicted octanol–water partition coefficient (Wildman–Crippen LogP) is 1.73. The molecular formula is C19H20N4O4. The largest absolute Gasteiger partial charge is 0.454 e. The number of nitrogens with one attached hydrogen (secondary N) is 1. The highest BCUT2D eigenvalue weighted by molar-refractivity contribution is 6.04. The summed E-state index contributed by atoms with van der Waals surface area (Å²) >= 11 is 0. The monoisotopic (exact) mass is 368 g/mol. The Morgan fingerprint density at radius 3 is 2.59 bits per heavy atom. The molecule has 2 aliphatic rings. The van der Waals surface area contributed by atoms with Crippen LogP contribution < -0.4 is 19.7 Å². The van der Waals surface area contributed by atoms with Crippen molar-refractivity contribution in [3.05, 3.63) is 42.2 Å². The lowest BCUT2D eigenvalue weighted by Gasteiger charge is -2.35. The van der Waals surface area contributed by atoms with Crippen LogP contribution in [0.25, 0.3) is 0 Å². The fourth-order valence-electron chi connectivity index (χ4n) is 3.18. The highest BCUT2D eigenvalue weighted by Crippen LogP contribution is 2.34. The second-order valence-electron chi connectivity index (χ2n) is 6.45. The number of piperazine rings is 1. The molecule has 27 heavy (non-hydrogen) atoms. The second-order valence-corrected chi connectivity index (χ2v) is 6.45. The number of nitrogens with zero attached hydrogens (tertiary/aromatic N) is 3. The van der Waals surface area contributed by atoms with Gasteiger partial charge >= 0.3 is 0 Å². The predicted molar refractivity (Wildman–Crippen MR) is 99.2 cm³/mol. The van der Waals surface area contributed by atoms with Gasteiger partial charge in [-0.15, -0.1) is 0 Å². The van der Waals surface area contributed by atoms with Gasteiger partial charge in [-0.25, -0.2) is 0 Å². The number of hydrogen-bond acceptors (Lipinski definition) is 6. The van der Waals surface area contributed by atoms with Crippen LogP contribution >= 0.6 is 0 Å². The number of fused-ring (bicyclic) bond motifs is 1. The van der Waals surface area contributed by atoms with E-state index in [1.54, 1.807) is 31.3 Å². The number of aromatic nitrogens is 1. The molecule has 4 rings (SSSR count). The molecule has 0 aliphatic carbocycles. The zero-order valence-electron chi connectivity index (χ0n) is 15.0. The number of carbonyl (C=O) groups is 2. The van der Waals surface area contributed by atoms with Crippen molar-refractivity contribution in [2.75, 3.05) is 43.2 Å². The number of ether oxygens (including phenoxy) is 2. The number of amides is 2. The van der Waals surface area contributed by atoms with E-state index in [-0.39, 0.29) is 18.6 Å². The fourth-order valence-corrected chi connectivity index (χ4v) is 3.18. The van der Waals surface area contributed by atoms with Crippen molar-refractivity contribution in [1.82, 2.24) is 9.88 Å². The number of pyridine rings is 1. The van der Waals surface area contributed by atoms with Crippen molar-refractivity contribution in [1.29, 1.82) is 0 Å². The maximum Gasteiger partial charge on any atom is 0.257 e. The van der Waals surface area contributed by atoms with E-state index in [0.29, 0.717) is 48.9 Å². The van der Waals surface area contributed by atoms with E-state index in [9.17, 15) is 9.59 Å². The van der Waals surface area contributed by atoms with Crippen molar-refractivity contribution >= 4 is 23.2 Å². The van der Waals surface area contributed by atoms with Gasteiger partial charge in [-0.1, -0.05) is 0 Å². The van der Waals surface area contributed by atoms with Gasteiger partial charge in [-0.05, 0) is 18.2 Å². The Morgan fingerprint density at radius 2 is 1.81 bits per heavy atom. The topological polar surface area (TPSA) is 84.0 Å². The van der Waals surface area contributed by atoms with Crippen LogP contribution in [0.1, 0.15) is 17.3 Å². The van der Waals surface area contributed by atoms with Gasteiger partial charge in [0.05, 0.1) is 17.4 Å². The Hall–Kier alpha value is -3.29. The molecule has 3 heterocycles. The number of hydrogen-bond donors (Lipinski definition) is 1. The first-order valence-electron chi connectivity index (χ1n) is 8.77.